The van der Waals surface area contributed by atoms with Gasteiger partial charge in [0.1, 0.15) is 6.07 Å². The van der Waals surface area contributed by atoms with E-state index in [0.29, 0.717) is 22.4 Å². The molecule has 1 aromatic carbocycles. The van der Waals surface area contributed by atoms with Crippen molar-refractivity contribution in [1.82, 2.24) is 9.97 Å². The number of nitrogens with one attached hydrogen (secondary N) is 1. The van der Waals surface area contributed by atoms with Crippen LogP contribution in [0.2, 0.25) is 0 Å². The maximum Gasteiger partial charge on any atom is 0.417 e. The largest absolute Gasteiger partial charge is 0.505 e. The second-order valence-corrected chi connectivity index (χ2v) is 3.92. The van der Waals surface area contributed by atoms with Gasteiger partial charge in [-0.15, -0.1) is 0 Å². The molecule has 0 fully saturated rings. The van der Waals surface area contributed by atoms with E-state index in [4.69, 9.17) is 9.68 Å². The molecule has 0 saturated heterocycles. The third kappa shape index (κ3) is 1.83. The second-order valence-electron chi connectivity index (χ2n) is 3.92. The predicted octanol–water partition coefficient (Wildman–Crippen LogP) is 1.76. The average Bonchev–Trinajstić information content (AvgIpc) is 2.78. The molecule has 3 aromatic rings. The molecular weight excluding hydrogens is 246 g/mol. The van der Waals surface area contributed by atoms with E-state index >= 15 is 0 Å². The normalized spacial score (nSPS) is 10.5. The standard InChI is InChI=1S/C13H7N3O3/c14-5-8-3-10(15-6-11(8)17)7-1-2-9-12(4-7)19-13(18)16-9/h1-4,6,17H,(H,16,18). The minimum Gasteiger partial charge on any atom is -0.505 e. The van der Waals surface area contributed by atoms with E-state index in [1.807, 2.05) is 6.07 Å². The van der Waals surface area contributed by atoms with Crippen molar-refractivity contribution in [2.24, 2.45) is 0 Å². The summed E-state index contributed by atoms with van der Waals surface area (Å²) in [6.45, 7) is 0. The molecule has 0 radical (unpaired) electrons. The van der Waals surface area contributed by atoms with Gasteiger partial charge in [-0.25, -0.2) is 4.79 Å². The lowest BCUT2D eigenvalue weighted by molar-refractivity contribution is 0.471. The van der Waals surface area contributed by atoms with E-state index in [0.717, 1.165) is 0 Å². The van der Waals surface area contributed by atoms with E-state index in [2.05, 4.69) is 9.97 Å². The van der Waals surface area contributed by atoms with Crippen molar-refractivity contribution < 1.29 is 9.52 Å². The maximum atomic E-state index is 11.1. The van der Waals surface area contributed by atoms with E-state index in [1.165, 1.54) is 12.3 Å². The number of nitriles is 1. The van der Waals surface area contributed by atoms with Gasteiger partial charge in [0.25, 0.3) is 0 Å². The van der Waals surface area contributed by atoms with Gasteiger partial charge in [-0.05, 0) is 18.2 Å². The smallest absolute Gasteiger partial charge is 0.417 e. The number of oxazole rings is 1. The highest BCUT2D eigenvalue weighted by atomic mass is 16.4. The lowest BCUT2D eigenvalue weighted by Crippen LogP contribution is -1.92. The van der Waals surface area contributed by atoms with Gasteiger partial charge in [0.05, 0.1) is 23.0 Å². The van der Waals surface area contributed by atoms with Crippen LogP contribution in [0.5, 0.6) is 5.75 Å². The fraction of sp³-hybridized carbons (Fsp3) is 0. The summed E-state index contributed by atoms with van der Waals surface area (Å²) in [4.78, 5) is 17.6. The first kappa shape index (κ1) is 11.0. The van der Waals surface area contributed by atoms with Gasteiger partial charge in [0.15, 0.2) is 11.3 Å². The lowest BCUT2D eigenvalue weighted by Gasteiger charge is -2.02. The summed E-state index contributed by atoms with van der Waals surface area (Å²) in [5.41, 5.74) is 2.34. The Morgan fingerprint density at radius 2 is 2.21 bits per heavy atom. The van der Waals surface area contributed by atoms with E-state index in [9.17, 15) is 9.90 Å². The summed E-state index contributed by atoms with van der Waals surface area (Å²) < 4.78 is 4.96. The van der Waals surface area contributed by atoms with Gasteiger partial charge in [0, 0.05) is 5.56 Å². The molecule has 2 aromatic heterocycles. The average molecular weight is 253 g/mol. The highest BCUT2D eigenvalue weighted by Gasteiger charge is 2.08. The minimum atomic E-state index is -0.525. The van der Waals surface area contributed by atoms with Gasteiger partial charge in [-0.1, -0.05) is 6.07 Å². The van der Waals surface area contributed by atoms with Crippen LogP contribution >= 0.6 is 0 Å². The molecule has 0 unspecified atom stereocenters. The van der Waals surface area contributed by atoms with E-state index < -0.39 is 5.76 Å². The van der Waals surface area contributed by atoms with Crippen LogP contribution < -0.4 is 5.76 Å². The number of hydrogen-bond donors (Lipinski definition) is 2. The third-order valence-electron chi connectivity index (χ3n) is 2.72. The predicted molar refractivity (Wildman–Crippen MR) is 66.4 cm³/mol. The molecule has 0 aliphatic rings. The third-order valence-corrected chi connectivity index (χ3v) is 2.72. The number of aromatic amines is 1. The Morgan fingerprint density at radius 3 is 3.00 bits per heavy atom. The Hall–Kier alpha value is -3.07. The summed E-state index contributed by atoms with van der Waals surface area (Å²) in [6.07, 6.45) is 1.21. The van der Waals surface area contributed by atoms with Crippen molar-refractivity contribution in [3.05, 3.63) is 46.6 Å². The quantitative estimate of drug-likeness (QED) is 0.687. The molecule has 2 N–H and O–H groups in total. The van der Waals surface area contributed by atoms with Crippen molar-refractivity contribution in [3.63, 3.8) is 0 Å². The van der Waals surface area contributed by atoms with Crippen molar-refractivity contribution in [2.45, 2.75) is 0 Å². The molecule has 0 bridgehead atoms. The maximum absolute atomic E-state index is 11.1. The van der Waals surface area contributed by atoms with Crippen LogP contribution in [0.25, 0.3) is 22.4 Å². The van der Waals surface area contributed by atoms with Crippen LogP contribution in [0, 0.1) is 11.3 Å². The summed E-state index contributed by atoms with van der Waals surface area (Å²) in [6, 6.07) is 8.43. The number of nitrogens with zero attached hydrogens (tertiary/aromatic N) is 2. The molecule has 6 nitrogen and oxygen atoms in total. The van der Waals surface area contributed by atoms with Gasteiger partial charge < -0.3 is 9.52 Å². The van der Waals surface area contributed by atoms with Crippen LogP contribution in [-0.2, 0) is 0 Å². The van der Waals surface area contributed by atoms with Crippen LogP contribution in [0.4, 0.5) is 0 Å². The number of H-pyrrole nitrogens is 1. The Kier molecular flexibility index (Phi) is 2.32. The molecule has 92 valence electrons. The zero-order valence-electron chi connectivity index (χ0n) is 9.54. The van der Waals surface area contributed by atoms with Crippen molar-refractivity contribution >= 4 is 11.1 Å². The van der Waals surface area contributed by atoms with Crippen molar-refractivity contribution in [1.29, 1.82) is 5.26 Å². The summed E-state index contributed by atoms with van der Waals surface area (Å²) >= 11 is 0. The molecule has 0 saturated carbocycles. The number of benzene rings is 1. The van der Waals surface area contributed by atoms with Crippen molar-refractivity contribution in [2.75, 3.05) is 0 Å². The second kappa shape index (κ2) is 3.99. The molecule has 6 heteroatoms. The van der Waals surface area contributed by atoms with E-state index in [-0.39, 0.29) is 11.3 Å². The fourth-order valence-electron chi connectivity index (χ4n) is 1.80. The highest BCUT2D eigenvalue weighted by molar-refractivity contribution is 5.79. The number of aromatic nitrogens is 2. The van der Waals surface area contributed by atoms with Crippen molar-refractivity contribution in [3.8, 4) is 23.1 Å². The zero-order chi connectivity index (χ0) is 13.4. The van der Waals surface area contributed by atoms with E-state index in [1.54, 1.807) is 18.2 Å². The van der Waals surface area contributed by atoms with Gasteiger partial charge in [0.2, 0.25) is 0 Å². The Labute approximate surface area is 106 Å². The van der Waals surface area contributed by atoms with Crippen LogP contribution in [-0.4, -0.2) is 15.1 Å². The summed E-state index contributed by atoms with van der Waals surface area (Å²) in [7, 11) is 0. The number of rotatable bonds is 1. The molecule has 3 rings (SSSR count). The molecule has 2 heterocycles. The molecule has 0 spiro atoms. The van der Waals surface area contributed by atoms with Gasteiger partial charge >= 0.3 is 5.76 Å². The molecule has 0 aliphatic heterocycles. The number of pyridine rings is 1. The molecule has 0 amide bonds. The number of aromatic hydroxyl groups is 1. The number of hydrogen-bond acceptors (Lipinski definition) is 5. The minimum absolute atomic E-state index is 0.139. The van der Waals surface area contributed by atoms with Gasteiger partial charge in [-0.2, -0.15) is 5.26 Å². The lowest BCUT2D eigenvalue weighted by atomic mass is 10.1. The summed E-state index contributed by atoms with van der Waals surface area (Å²) in [5, 5.41) is 18.3. The van der Waals surface area contributed by atoms with Crippen LogP contribution in [0.1, 0.15) is 5.56 Å². The summed E-state index contributed by atoms with van der Waals surface area (Å²) in [5.74, 6) is -0.691. The molecular formula is C13H7N3O3. The first-order chi connectivity index (χ1) is 9.17. The Balaban J connectivity index is 2.18. The first-order valence-corrected chi connectivity index (χ1v) is 5.40. The van der Waals surface area contributed by atoms with Gasteiger partial charge in [-0.3, -0.25) is 9.97 Å². The highest BCUT2D eigenvalue weighted by Crippen LogP contribution is 2.25. The Bertz CT molecular complexity index is 871. The molecule has 19 heavy (non-hydrogen) atoms. The van der Waals surface area contributed by atoms with Crippen LogP contribution in [0.15, 0.2) is 39.7 Å². The SMILES string of the molecule is N#Cc1cc(-c2ccc3[nH]c(=O)oc3c2)ncc1O. The zero-order valence-corrected chi connectivity index (χ0v) is 9.54. The molecule has 0 aliphatic carbocycles. The monoisotopic (exact) mass is 253 g/mol. The van der Waals surface area contributed by atoms with Crippen LogP contribution in [0.3, 0.4) is 0 Å². The number of fused-ring (bicyclic) bond motifs is 1. The Morgan fingerprint density at radius 1 is 1.37 bits per heavy atom. The fourth-order valence-corrected chi connectivity index (χ4v) is 1.80. The topological polar surface area (TPSA) is 103 Å². The molecule has 0 atom stereocenters. The first-order valence-electron chi connectivity index (χ1n) is 5.40.